The molecule has 1 amide bonds. The third kappa shape index (κ3) is 4.51. The first kappa shape index (κ1) is 21.1. The summed E-state index contributed by atoms with van der Waals surface area (Å²) in [6, 6.07) is 7.17. The molecule has 158 valence electrons. The minimum Gasteiger partial charge on any atom is -0.462 e. The second-order valence-electron chi connectivity index (χ2n) is 6.71. The molecule has 0 saturated carbocycles. The molecule has 30 heavy (non-hydrogen) atoms. The van der Waals surface area contributed by atoms with Crippen LogP contribution in [0.1, 0.15) is 41.9 Å². The van der Waals surface area contributed by atoms with E-state index in [1.165, 1.54) is 0 Å². The molecule has 0 unspecified atom stereocenters. The highest BCUT2D eigenvalue weighted by Gasteiger charge is 2.18. The molecule has 3 rings (SSSR count). The summed E-state index contributed by atoms with van der Waals surface area (Å²) in [5, 5.41) is 14.2. The van der Waals surface area contributed by atoms with E-state index in [2.05, 4.69) is 20.8 Å². The van der Waals surface area contributed by atoms with E-state index < -0.39 is 12.1 Å². The van der Waals surface area contributed by atoms with Crippen LogP contribution in [0.4, 0.5) is 22.1 Å². The molecule has 3 aromatic rings. The number of fused-ring (bicyclic) bond motifs is 1. The Labute approximate surface area is 174 Å². The number of carbonyl (C=O) groups excluding carboxylic acids is 2. The standard InChI is InChI=1S/C21H25N5O4/c1-5-9-30-21(28)23-15-8-7-13(3)18(10-15)24-20-25-22-12-16-11-17(14(4)26(16)20)19(27)29-6-2/h7-8,10-12H,5-6,9H2,1-4H3,(H,23,28)(H,24,25). The summed E-state index contributed by atoms with van der Waals surface area (Å²) < 4.78 is 12.0. The molecule has 2 aromatic heterocycles. The van der Waals surface area contributed by atoms with Crippen LogP contribution in [-0.2, 0) is 9.47 Å². The van der Waals surface area contributed by atoms with Crippen LogP contribution in [0, 0.1) is 13.8 Å². The fourth-order valence-corrected chi connectivity index (χ4v) is 2.99. The van der Waals surface area contributed by atoms with Gasteiger partial charge in [0.1, 0.15) is 0 Å². The molecule has 2 N–H and O–H groups in total. The first-order valence-corrected chi connectivity index (χ1v) is 9.76. The topological polar surface area (TPSA) is 107 Å². The number of nitrogens with one attached hydrogen (secondary N) is 2. The average Bonchev–Trinajstić information content (AvgIpc) is 3.07. The number of hydrogen-bond acceptors (Lipinski definition) is 7. The lowest BCUT2D eigenvalue weighted by Crippen LogP contribution is -2.14. The fourth-order valence-electron chi connectivity index (χ4n) is 2.99. The van der Waals surface area contributed by atoms with Crippen LogP contribution in [0.15, 0.2) is 30.5 Å². The number of aryl methyl sites for hydroxylation is 2. The number of esters is 1. The van der Waals surface area contributed by atoms with Gasteiger partial charge < -0.3 is 14.8 Å². The number of rotatable bonds is 7. The van der Waals surface area contributed by atoms with Crippen molar-refractivity contribution in [2.75, 3.05) is 23.8 Å². The fraction of sp³-hybridized carbons (Fsp3) is 0.333. The maximum absolute atomic E-state index is 12.2. The maximum Gasteiger partial charge on any atom is 0.411 e. The van der Waals surface area contributed by atoms with Crippen molar-refractivity contribution in [1.29, 1.82) is 0 Å². The molecule has 0 atom stereocenters. The van der Waals surface area contributed by atoms with Crippen molar-refractivity contribution in [3.05, 3.63) is 47.3 Å². The third-order valence-corrected chi connectivity index (χ3v) is 4.49. The first-order valence-electron chi connectivity index (χ1n) is 9.76. The lowest BCUT2D eigenvalue weighted by molar-refractivity contribution is 0.0525. The van der Waals surface area contributed by atoms with Gasteiger partial charge >= 0.3 is 12.1 Å². The van der Waals surface area contributed by atoms with Crippen LogP contribution in [0.2, 0.25) is 0 Å². The summed E-state index contributed by atoms with van der Waals surface area (Å²) in [5.74, 6) is 0.0481. The molecule has 0 bridgehead atoms. The predicted octanol–water partition coefficient (Wildman–Crippen LogP) is 4.22. The van der Waals surface area contributed by atoms with Gasteiger partial charge in [-0.25, -0.2) is 9.59 Å². The Bertz CT molecular complexity index is 1080. The zero-order valence-electron chi connectivity index (χ0n) is 17.5. The Balaban J connectivity index is 1.91. The molecule has 0 spiro atoms. The molecule has 0 aliphatic heterocycles. The Kier molecular flexibility index (Phi) is 6.51. The molecule has 9 nitrogen and oxygen atoms in total. The normalized spacial score (nSPS) is 10.7. The van der Waals surface area contributed by atoms with Crippen LogP contribution in [0.3, 0.4) is 0 Å². The minimum atomic E-state index is -0.506. The molecule has 2 heterocycles. The van der Waals surface area contributed by atoms with Gasteiger partial charge in [-0.2, -0.15) is 5.10 Å². The second-order valence-corrected chi connectivity index (χ2v) is 6.71. The summed E-state index contributed by atoms with van der Waals surface area (Å²) in [4.78, 5) is 24.1. The van der Waals surface area contributed by atoms with Crippen molar-refractivity contribution in [1.82, 2.24) is 14.6 Å². The van der Waals surface area contributed by atoms with Crippen LogP contribution in [0.25, 0.3) is 5.52 Å². The number of amides is 1. The lowest BCUT2D eigenvalue weighted by atomic mass is 10.2. The summed E-state index contributed by atoms with van der Waals surface area (Å²) in [6.07, 6.45) is 1.82. The summed E-state index contributed by atoms with van der Waals surface area (Å²) >= 11 is 0. The molecular weight excluding hydrogens is 386 g/mol. The van der Waals surface area contributed by atoms with E-state index in [1.54, 1.807) is 35.7 Å². The number of anilines is 3. The van der Waals surface area contributed by atoms with Crippen molar-refractivity contribution in [3.8, 4) is 0 Å². The zero-order chi connectivity index (χ0) is 21.7. The number of carbonyl (C=O) groups is 2. The zero-order valence-corrected chi connectivity index (χ0v) is 17.5. The third-order valence-electron chi connectivity index (χ3n) is 4.49. The van der Waals surface area contributed by atoms with E-state index in [4.69, 9.17) is 9.47 Å². The SMILES string of the molecule is CCCOC(=O)Nc1ccc(C)c(Nc2nncc3cc(C(=O)OCC)c(C)n23)c1. The van der Waals surface area contributed by atoms with Crippen molar-refractivity contribution in [3.63, 3.8) is 0 Å². The van der Waals surface area contributed by atoms with Crippen molar-refractivity contribution >= 4 is 34.9 Å². The highest BCUT2D eigenvalue weighted by atomic mass is 16.5. The van der Waals surface area contributed by atoms with Crippen LogP contribution < -0.4 is 10.6 Å². The Morgan fingerprint density at radius 3 is 2.67 bits per heavy atom. The van der Waals surface area contributed by atoms with Gasteiger partial charge in [0.05, 0.1) is 30.5 Å². The monoisotopic (exact) mass is 411 g/mol. The molecular formula is C21H25N5O4. The maximum atomic E-state index is 12.2. The summed E-state index contributed by atoms with van der Waals surface area (Å²) in [6.45, 7) is 8.10. The number of hydrogen-bond donors (Lipinski definition) is 2. The largest absolute Gasteiger partial charge is 0.462 e. The van der Waals surface area contributed by atoms with Crippen molar-refractivity contribution in [2.24, 2.45) is 0 Å². The van der Waals surface area contributed by atoms with Crippen LogP contribution in [0.5, 0.6) is 0 Å². The number of nitrogens with zero attached hydrogens (tertiary/aromatic N) is 3. The van der Waals surface area contributed by atoms with E-state index >= 15 is 0 Å². The van der Waals surface area contributed by atoms with Crippen molar-refractivity contribution in [2.45, 2.75) is 34.1 Å². The molecule has 0 radical (unpaired) electrons. The number of benzene rings is 1. The van der Waals surface area contributed by atoms with E-state index in [9.17, 15) is 9.59 Å². The van der Waals surface area contributed by atoms with Gasteiger partial charge in [0.25, 0.3) is 0 Å². The summed E-state index contributed by atoms with van der Waals surface area (Å²) in [7, 11) is 0. The number of ether oxygens (including phenoxy) is 2. The quantitative estimate of drug-likeness (QED) is 0.560. The van der Waals surface area contributed by atoms with Gasteiger partial charge in [-0.15, -0.1) is 5.10 Å². The predicted molar refractivity (Wildman–Crippen MR) is 113 cm³/mol. The molecule has 0 aliphatic carbocycles. The van der Waals surface area contributed by atoms with Gasteiger partial charge in [0.2, 0.25) is 5.95 Å². The van der Waals surface area contributed by atoms with Gasteiger partial charge in [-0.3, -0.25) is 9.72 Å². The highest BCUT2D eigenvalue weighted by Crippen LogP contribution is 2.26. The molecule has 0 saturated heterocycles. The minimum absolute atomic E-state index is 0.297. The van der Waals surface area contributed by atoms with Crippen molar-refractivity contribution < 1.29 is 19.1 Å². The molecule has 0 fully saturated rings. The van der Waals surface area contributed by atoms with E-state index in [0.29, 0.717) is 41.6 Å². The smallest absolute Gasteiger partial charge is 0.411 e. The van der Waals surface area contributed by atoms with E-state index in [1.807, 2.05) is 26.8 Å². The van der Waals surface area contributed by atoms with E-state index in [0.717, 1.165) is 17.7 Å². The highest BCUT2D eigenvalue weighted by molar-refractivity contribution is 5.93. The lowest BCUT2D eigenvalue weighted by Gasteiger charge is -2.13. The molecule has 9 heteroatoms. The second kappa shape index (κ2) is 9.25. The van der Waals surface area contributed by atoms with Crippen LogP contribution in [-0.4, -0.2) is 39.9 Å². The number of aromatic nitrogens is 3. The Morgan fingerprint density at radius 1 is 1.13 bits per heavy atom. The molecule has 0 aliphatic rings. The van der Waals surface area contributed by atoms with Gasteiger partial charge in [-0.1, -0.05) is 13.0 Å². The van der Waals surface area contributed by atoms with Gasteiger partial charge in [0, 0.05) is 17.1 Å². The van der Waals surface area contributed by atoms with Gasteiger partial charge in [0.15, 0.2) is 0 Å². The molecule has 1 aromatic carbocycles. The van der Waals surface area contributed by atoms with Gasteiger partial charge in [-0.05, 0) is 51.0 Å². The van der Waals surface area contributed by atoms with E-state index in [-0.39, 0.29) is 0 Å². The Morgan fingerprint density at radius 2 is 1.93 bits per heavy atom. The first-order chi connectivity index (χ1) is 14.4. The summed E-state index contributed by atoms with van der Waals surface area (Å²) in [5.41, 5.74) is 4.12. The average molecular weight is 411 g/mol. The Hall–Kier alpha value is -3.62. The van der Waals surface area contributed by atoms with Crippen LogP contribution >= 0.6 is 0 Å².